The highest BCUT2D eigenvalue weighted by Gasteiger charge is 2.16. The number of nitrogens with zero attached hydrogens (tertiary/aromatic N) is 1. The third-order valence-corrected chi connectivity index (χ3v) is 3.43. The number of anilines is 1. The number of methoxy groups -OCH3 is 1. The summed E-state index contributed by atoms with van der Waals surface area (Å²) in [4.78, 5) is 2.03. The molecule has 5 heteroatoms. The Balaban J connectivity index is 3.01. The number of aliphatic hydroxyl groups excluding tert-OH is 1. The maximum absolute atomic E-state index is 13.6. The van der Waals surface area contributed by atoms with Gasteiger partial charge in [0.2, 0.25) is 0 Å². The van der Waals surface area contributed by atoms with Crippen LogP contribution in [0.1, 0.15) is 31.9 Å². The van der Waals surface area contributed by atoms with Crippen LogP contribution in [-0.4, -0.2) is 45.1 Å². The van der Waals surface area contributed by atoms with Crippen molar-refractivity contribution in [2.24, 2.45) is 0 Å². The lowest BCUT2D eigenvalue weighted by atomic mass is 10.0. The van der Waals surface area contributed by atoms with Crippen molar-refractivity contribution in [3.63, 3.8) is 0 Å². The number of nitrogens with one attached hydrogen (secondary N) is 1. The molecule has 0 saturated carbocycles. The summed E-state index contributed by atoms with van der Waals surface area (Å²) in [6.07, 6.45) is 1.03. The molecule has 0 aliphatic heterocycles. The second-order valence-electron chi connectivity index (χ2n) is 5.08. The van der Waals surface area contributed by atoms with Crippen LogP contribution in [0.5, 0.6) is 0 Å². The Labute approximate surface area is 126 Å². The number of hydrogen-bond acceptors (Lipinski definition) is 4. The molecule has 0 radical (unpaired) electrons. The first kappa shape index (κ1) is 17.9. The highest BCUT2D eigenvalue weighted by molar-refractivity contribution is 5.55. The van der Waals surface area contributed by atoms with Gasteiger partial charge in [-0.3, -0.25) is 0 Å². The molecule has 2 N–H and O–H groups in total. The molecule has 0 bridgehead atoms. The summed E-state index contributed by atoms with van der Waals surface area (Å²) in [7, 11) is 1.65. The Hall–Kier alpha value is -1.17. The van der Waals surface area contributed by atoms with E-state index < -0.39 is 0 Å². The van der Waals surface area contributed by atoms with Gasteiger partial charge in [-0.15, -0.1) is 0 Å². The second-order valence-corrected chi connectivity index (χ2v) is 5.08. The minimum atomic E-state index is -0.241. The first-order valence-corrected chi connectivity index (χ1v) is 7.51. The number of hydrogen-bond donors (Lipinski definition) is 2. The van der Waals surface area contributed by atoms with Gasteiger partial charge in [0, 0.05) is 31.9 Å². The van der Waals surface area contributed by atoms with Gasteiger partial charge in [-0.1, -0.05) is 6.92 Å². The predicted molar refractivity (Wildman–Crippen MR) is 84.3 cm³/mol. The van der Waals surface area contributed by atoms with Crippen LogP contribution in [0, 0.1) is 5.82 Å². The molecule has 0 saturated heterocycles. The van der Waals surface area contributed by atoms with Crippen molar-refractivity contribution < 1.29 is 14.2 Å². The molecule has 0 amide bonds. The maximum atomic E-state index is 13.6. The van der Waals surface area contributed by atoms with E-state index in [9.17, 15) is 9.50 Å². The summed E-state index contributed by atoms with van der Waals surface area (Å²) in [5.74, 6) is -0.241. The second kappa shape index (κ2) is 9.71. The fourth-order valence-electron chi connectivity index (χ4n) is 2.31. The topological polar surface area (TPSA) is 44.7 Å². The monoisotopic (exact) mass is 298 g/mol. The van der Waals surface area contributed by atoms with E-state index in [0.29, 0.717) is 19.7 Å². The molecule has 0 heterocycles. The van der Waals surface area contributed by atoms with E-state index in [1.165, 1.54) is 6.07 Å². The molecule has 120 valence electrons. The maximum Gasteiger partial charge on any atom is 0.123 e. The number of benzene rings is 1. The van der Waals surface area contributed by atoms with E-state index in [2.05, 4.69) is 12.2 Å². The molecule has 0 aromatic heterocycles. The normalized spacial score (nSPS) is 12.4. The first-order valence-electron chi connectivity index (χ1n) is 7.51. The number of aliphatic hydroxyl groups is 1. The molecule has 0 spiro atoms. The van der Waals surface area contributed by atoms with Crippen LogP contribution in [0.25, 0.3) is 0 Å². The molecule has 1 atom stereocenters. The van der Waals surface area contributed by atoms with Gasteiger partial charge in [0.05, 0.1) is 13.2 Å². The van der Waals surface area contributed by atoms with Crippen molar-refractivity contribution in [1.29, 1.82) is 0 Å². The Morgan fingerprint density at radius 2 is 2.14 bits per heavy atom. The van der Waals surface area contributed by atoms with E-state index in [-0.39, 0.29) is 18.5 Å². The zero-order valence-electron chi connectivity index (χ0n) is 13.2. The summed E-state index contributed by atoms with van der Waals surface area (Å²) < 4.78 is 18.7. The molecule has 1 aromatic rings. The largest absolute Gasteiger partial charge is 0.395 e. The minimum Gasteiger partial charge on any atom is -0.395 e. The van der Waals surface area contributed by atoms with Crippen LogP contribution in [0.15, 0.2) is 18.2 Å². The van der Waals surface area contributed by atoms with Crippen LogP contribution in [0.4, 0.5) is 10.1 Å². The molecule has 1 rings (SSSR count). The molecular formula is C16H27FN2O2. The van der Waals surface area contributed by atoms with Crippen LogP contribution >= 0.6 is 0 Å². The zero-order chi connectivity index (χ0) is 15.7. The van der Waals surface area contributed by atoms with Gasteiger partial charge in [0.25, 0.3) is 0 Å². The number of rotatable bonds is 10. The molecule has 1 aromatic carbocycles. The summed E-state index contributed by atoms with van der Waals surface area (Å²) in [6.45, 7) is 6.79. The van der Waals surface area contributed by atoms with Crippen molar-refractivity contribution in [2.75, 3.05) is 44.9 Å². The lowest BCUT2D eigenvalue weighted by molar-refractivity contribution is 0.203. The molecule has 0 aliphatic rings. The molecule has 21 heavy (non-hydrogen) atoms. The van der Waals surface area contributed by atoms with Gasteiger partial charge in [-0.25, -0.2) is 4.39 Å². The molecule has 1 unspecified atom stereocenters. The van der Waals surface area contributed by atoms with Gasteiger partial charge in [-0.2, -0.15) is 0 Å². The van der Waals surface area contributed by atoms with Crippen molar-refractivity contribution in [3.05, 3.63) is 29.6 Å². The van der Waals surface area contributed by atoms with Crippen molar-refractivity contribution in [3.8, 4) is 0 Å². The SMILES string of the molecule is CCCNC(C)c1cc(F)ccc1N(CCO)CCOC. The average molecular weight is 298 g/mol. The van der Waals surface area contributed by atoms with Crippen LogP contribution in [0.2, 0.25) is 0 Å². The zero-order valence-corrected chi connectivity index (χ0v) is 13.2. The minimum absolute atomic E-state index is 0.0529. The van der Waals surface area contributed by atoms with E-state index in [0.717, 1.165) is 24.2 Å². The Morgan fingerprint density at radius 1 is 1.38 bits per heavy atom. The lowest BCUT2D eigenvalue weighted by Gasteiger charge is -2.28. The van der Waals surface area contributed by atoms with Gasteiger partial charge in [-0.05, 0) is 43.7 Å². The van der Waals surface area contributed by atoms with Crippen molar-refractivity contribution in [2.45, 2.75) is 26.3 Å². The fourth-order valence-corrected chi connectivity index (χ4v) is 2.31. The van der Waals surface area contributed by atoms with Crippen LogP contribution in [0.3, 0.4) is 0 Å². The molecule has 4 nitrogen and oxygen atoms in total. The van der Waals surface area contributed by atoms with Gasteiger partial charge >= 0.3 is 0 Å². The van der Waals surface area contributed by atoms with Gasteiger partial charge < -0.3 is 20.1 Å². The fraction of sp³-hybridized carbons (Fsp3) is 0.625. The number of halogens is 1. The van der Waals surface area contributed by atoms with E-state index >= 15 is 0 Å². The third-order valence-electron chi connectivity index (χ3n) is 3.43. The Bertz CT molecular complexity index is 415. The summed E-state index contributed by atoms with van der Waals surface area (Å²) in [6, 6.07) is 4.86. The van der Waals surface area contributed by atoms with E-state index in [4.69, 9.17) is 4.74 Å². The summed E-state index contributed by atoms with van der Waals surface area (Å²) in [5, 5.41) is 12.6. The molecular weight excluding hydrogens is 271 g/mol. The smallest absolute Gasteiger partial charge is 0.123 e. The van der Waals surface area contributed by atoms with E-state index in [1.807, 2.05) is 11.8 Å². The highest BCUT2D eigenvalue weighted by Crippen LogP contribution is 2.27. The standard InChI is InChI=1S/C16H27FN2O2/c1-4-7-18-13(2)15-12-14(17)5-6-16(15)19(8-10-20)9-11-21-3/h5-6,12-13,18,20H,4,7-11H2,1-3H3. The highest BCUT2D eigenvalue weighted by atomic mass is 19.1. The quantitative estimate of drug-likeness (QED) is 0.696. The predicted octanol–water partition coefficient (Wildman–Crippen LogP) is 2.33. The molecule has 0 aliphatic carbocycles. The molecule has 0 fully saturated rings. The van der Waals surface area contributed by atoms with Crippen molar-refractivity contribution >= 4 is 5.69 Å². The van der Waals surface area contributed by atoms with E-state index in [1.54, 1.807) is 19.2 Å². The summed E-state index contributed by atoms with van der Waals surface area (Å²) >= 11 is 0. The lowest BCUT2D eigenvalue weighted by Crippen LogP contribution is -2.32. The van der Waals surface area contributed by atoms with Gasteiger partial charge in [0.1, 0.15) is 5.82 Å². The Morgan fingerprint density at radius 3 is 2.76 bits per heavy atom. The first-order chi connectivity index (χ1) is 10.1. The van der Waals surface area contributed by atoms with Crippen molar-refractivity contribution in [1.82, 2.24) is 5.32 Å². The summed E-state index contributed by atoms with van der Waals surface area (Å²) in [5.41, 5.74) is 1.85. The van der Waals surface area contributed by atoms with Crippen LogP contribution < -0.4 is 10.2 Å². The van der Waals surface area contributed by atoms with Gasteiger partial charge in [0.15, 0.2) is 0 Å². The Kier molecular flexibility index (Phi) is 8.27. The number of ether oxygens (including phenoxy) is 1. The third kappa shape index (κ3) is 5.61. The van der Waals surface area contributed by atoms with Crippen LogP contribution in [-0.2, 0) is 4.74 Å². The average Bonchev–Trinajstić information content (AvgIpc) is 2.49.